The van der Waals surface area contributed by atoms with Gasteiger partial charge in [0.2, 0.25) is 11.8 Å². The molecule has 1 heterocycles. The summed E-state index contributed by atoms with van der Waals surface area (Å²) in [5.41, 5.74) is 1.66. The fraction of sp³-hybridized carbons (Fsp3) is 0.429. The van der Waals surface area contributed by atoms with Crippen LogP contribution in [0.15, 0.2) is 24.3 Å². The normalized spacial score (nSPS) is 13.7. The van der Waals surface area contributed by atoms with Crippen LogP contribution in [0, 0.1) is 0 Å². The summed E-state index contributed by atoms with van der Waals surface area (Å²) in [7, 11) is 0. The molecule has 102 valence electrons. The van der Waals surface area contributed by atoms with Gasteiger partial charge in [-0.25, -0.2) is 0 Å². The van der Waals surface area contributed by atoms with E-state index in [4.69, 9.17) is 0 Å². The molecule has 0 fully saturated rings. The number of fused-ring (bicyclic) bond motifs is 1. The molecule has 0 radical (unpaired) electrons. The lowest BCUT2D eigenvalue weighted by Crippen LogP contribution is -2.45. The number of anilines is 2. The molecule has 5 nitrogen and oxygen atoms in total. The molecule has 0 bridgehead atoms. The van der Waals surface area contributed by atoms with E-state index in [9.17, 15) is 9.59 Å². The van der Waals surface area contributed by atoms with Gasteiger partial charge >= 0.3 is 0 Å². The number of benzene rings is 1. The largest absolute Gasteiger partial charge is 0.374 e. The van der Waals surface area contributed by atoms with Crippen LogP contribution >= 0.6 is 0 Å². The molecule has 0 unspecified atom stereocenters. The Bertz CT molecular complexity index is 474. The maximum Gasteiger partial charge on any atom is 0.246 e. The Labute approximate surface area is 113 Å². The number of nitrogens with zero attached hydrogens (tertiary/aromatic N) is 1. The third-order valence-electron chi connectivity index (χ3n) is 3.08. The fourth-order valence-corrected chi connectivity index (χ4v) is 2.04. The molecule has 1 aromatic carbocycles. The topological polar surface area (TPSA) is 61.4 Å². The lowest BCUT2D eigenvalue weighted by Gasteiger charge is -2.29. The maximum absolute atomic E-state index is 11.9. The van der Waals surface area contributed by atoms with Crippen LogP contribution in [0.5, 0.6) is 0 Å². The van der Waals surface area contributed by atoms with E-state index in [1.54, 1.807) is 0 Å². The van der Waals surface area contributed by atoms with Crippen molar-refractivity contribution in [2.75, 3.05) is 29.9 Å². The smallest absolute Gasteiger partial charge is 0.246 e. The molecule has 2 N–H and O–H groups in total. The summed E-state index contributed by atoms with van der Waals surface area (Å²) >= 11 is 0. The maximum atomic E-state index is 11.9. The molecule has 1 aliphatic heterocycles. The van der Waals surface area contributed by atoms with Crippen molar-refractivity contribution >= 4 is 23.2 Å². The molecule has 1 aliphatic rings. The van der Waals surface area contributed by atoms with E-state index in [1.165, 1.54) is 4.90 Å². The number of amides is 2. The SMILES string of the molecule is CCCCNC(=O)CN1C(=O)CNc2ccccc21. The number of hydrogen-bond acceptors (Lipinski definition) is 3. The lowest BCUT2D eigenvalue weighted by molar-refractivity contribution is -0.123. The molecule has 19 heavy (non-hydrogen) atoms. The van der Waals surface area contributed by atoms with Crippen LogP contribution in [0.1, 0.15) is 19.8 Å². The molecule has 0 aliphatic carbocycles. The summed E-state index contributed by atoms with van der Waals surface area (Å²) in [6.07, 6.45) is 1.99. The van der Waals surface area contributed by atoms with Gasteiger partial charge in [-0.1, -0.05) is 25.5 Å². The minimum absolute atomic E-state index is 0.0793. The third-order valence-corrected chi connectivity index (χ3v) is 3.08. The number of rotatable bonds is 5. The van der Waals surface area contributed by atoms with Crippen LogP contribution in [-0.4, -0.2) is 31.4 Å². The molecule has 2 amide bonds. The average Bonchev–Trinajstić information content (AvgIpc) is 2.42. The van der Waals surface area contributed by atoms with Crippen molar-refractivity contribution in [2.45, 2.75) is 19.8 Å². The van der Waals surface area contributed by atoms with Gasteiger partial charge in [0, 0.05) is 6.54 Å². The first-order chi connectivity index (χ1) is 9.22. The first-order valence-electron chi connectivity index (χ1n) is 6.62. The van der Waals surface area contributed by atoms with Gasteiger partial charge in [0.1, 0.15) is 6.54 Å². The van der Waals surface area contributed by atoms with E-state index < -0.39 is 0 Å². The number of unbranched alkanes of at least 4 members (excludes halogenated alkanes) is 1. The average molecular weight is 261 g/mol. The van der Waals surface area contributed by atoms with Gasteiger partial charge in [0.05, 0.1) is 17.9 Å². The third kappa shape index (κ3) is 3.24. The Morgan fingerprint density at radius 2 is 2.21 bits per heavy atom. The van der Waals surface area contributed by atoms with Crippen LogP contribution in [0.3, 0.4) is 0 Å². The minimum atomic E-state index is -0.112. The minimum Gasteiger partial charge on any atom is -0.374 e. The Morgan fingerprint density at radius 1 is 1.42 bits per heavy atom. The lowest BCUT2D eigenvalue weighted by atomic mass is 10.2. The predicted molar refractivity (Wildman–Crippen MR) is 75.2 cm³/mol. The van der Waals surface area contributed by atoms with Gasteiger partial charge < -0.3 is 10.6 Å². The van der Waals surface area contributed by atoms with Crippen molar-refractivity contribution in [3.05, 3.63) is 24.3 Å². The molecule has 0 spiro atoms. The van der Waals surface area contributed by atoms with Crippen LogP contribution in [0.25, 0.3) is 0 Å². The van der Waals surface area contributed by atoms with Crippen LogP contribution in [-0.2, 0) is 9.59 Å². The van der Waals surface area contributed by atoms with E-state index in [2.05, 4.69) is 17.6 Å². The van der Waals surface area contributed by atoms with Gasteiger partial charge in [0.25, 0.3) is 0 Å². The summed E-state index contributed by atoms with van der Waals surface area (Å²) in [5.74, 6) is -0.192. The highest BCUT2D eigenvalue weighted by atomic mass is 16.2. The molecular formula is C14H19N3O2. The second-order valence-corrected chi connectivity index (χ2v) is 4.55. The van der Waals surface area contributed by atoms with Gasteiger partial charge in [-0.05, 0) is 18.6 Å². The number of hydrogen-bond donors (Lipinski definition) is 2. The Balaban J connectivity index is 2.03. The van der Waals surface area contributed by atoms with Gasteiger partial charge in [0.15, 0.2) is 0 Å². The number of nitrogens with one attached hydrogen (secondary N) is 2. The fourth-order valence-electron chi connectivity index (χ4n) is 2.04. The predicted octanol–water partition coefficient (Wildman–Crippen LogP) is 1.36. The molecule has 1 aromatic rings. The summed E-state index contributed by atoms with van der Waals surface area (Å²) in [4.78, 5) is 25.3. The summed E-state index contributed by atoms with van der Waals surface area (Å²) in [5, 5.41) is 5.87. The second-order valence-electron chi connectivity index (χ2n) is 4.55. The monoisotopic (exact) mass is 261 g/mol. The molecular weight excluding hydrogens is 242 g/mol. The molecule has 0 saturated heterocycles. The first kappa shape index (κ1) is 13.4. The van der Waals surface area contributed by atoms with Crippen molar-refractivity contribution < 1.29 is 9.59 Å². The zero-order valence-corrected chi connectivity index (χ0v) is 11.1. The van der Waals surface area contributed by atoms with E-state index in [1.807, 2.05) is 24.3 Å². The molecule has 2 rings (SSSR count). The quantitative estimate of drug-likeness (QED) is 0.787. The van der Waals surface area contributed by atoms with Crippen LogP contribution in [0.4, 0.5) is 11.4 Å². The van der Waals surface area contributed by atoms with Crippen molar-refractivity contribution in [3.8, 4) is 0 Å². The van der Waals surface area contributed by atoms with Crippen molar-refractivity contribution in [1.29, 1.82) is 0 Å². The number of carbonyl (C=O) groups excluding carboxylic acids is 2. The first-order valence-corrected chi connectivity index (χ1v) is 6.62. The molecule has 5 heteroatoms. The summed E-state index contributed by atoms with van der Waals surface area (Å²) < 4.78 is 0. The number of carbonyl (C=O) groups is 2. The van der Waals surface area contributed by atoms with Crippen molar-refractivity contribution in [2.24, 2.45) is 0 Å². The Hall–Kier alpha value is -2.04. The molecule has 0 atom stereocenters. The van der Waals surface area contributed by atoms with Gasteiger partial charge in [-0.15, -0.1) is 0 Å². The van der Waals surface area contributed by atoms with E-state index in [0.29, 0.717) is 6.54 Å². The highest BCUT2D eigenvalue weighted by molar-refractivity contribution is 6.05. The number of para-hydroxylation sites is 2. The summed E-state index contributed by atoms with van der Waals surface area (Å²) in [6, 6.07) is 7.52. The molecule has 0 saturated carbocycles. The van der Waals surface area contributed by atoms with Gasteiger partial charge in [-0.3, -0.25) is 14.5 Å². The van der Waals surface area contributed by atoms with Crippen LogP contribution in [0.2, 0.25) is 0 Å². The standard InChI is InChI=1S/C14H19N3O2/c1-2-3-8-15-13(18)10-17-12-7-5-4-6-11(12)16-9-14(17)19/h4-7,16H,2-3,8-10H2,1H3,(H,15,18). The van der Waals surface area contributed by atoms with Crippen molar-refractivity contribution in [1.82, 2.24) is 5.32 Å². The molecule has 0 aromatic heterocycles. The van der Waals surface area contributed by atoms with Crippen LogP contribution < -0.4 is 15.5 Å². The van der Waals surface area contributed by atoms with E-state index >= 15 is 0 Å². The highest BCUT2D eigenvalue weighted by Gasteiger charge is 2.25. The Kier molecular flexibility index (Phi) is 4.39. The van der Waals surface area contributed by atoms with E-state index in [-0.39, 0.29) is 24.9 Å². The van der Waals surface area contributed by atoms with E-state index in [0.717, 1.165) is 24.2 Å². The zero-order valence-electron chi connectivity index (χ0n) is 11.1. The second kappa shape index (κ2) is 6.22. The zero-order chi connectivity index (χ0) is 13.7. The van der Waals surface area contributed by atoms with Gasteiger partial charge in [-0.2, -0.15) is 0 Å². The Morgan fingerprint density at radius 3 is 3.00 bits per heavy atom. The highest BCUT2D eigenvalue weighted by Crippen LogP contribution is 2.28. The van der Waals surface area contributed by atoms with Crippen molar-refractivity contribution in [3.63, 3.8) is 0 Å². The summed E-state index contributed by atoms with van der Waals surface area (Å²) in [6.45, 7) is 3.06.